The largest absolute Gasteiger partial charge is 0.356 e. The van der Waals surface area contributed by atoms with Crippen LogP contribution in [0.4, 0.5) is 0 Å². The normalized spacial score (nSPS) is 11.3. The molecule has 0 unspecified atom stereocenters. The molecule has 0 aliphatic carbocycles. The molecule has 0 fully saturated rings. The maximum absolute atomic E-state index is 11.2. The summed E-state index contributed by atoms with van der Waals surface area (Å²) < 4.78 is 21.6. The number of hydrogen-bond donors (Lipinski definition) is 2. The van der Waals surface area contributed by atoms with Crippen molar-refractivity contribution in [3.05, 3.63) is 18.2 Å². The number of hydrogen-bond acceptors (Lipinski definition) is 4. The van der Waals surface area contributed by atoms with Gasteiger partial charge in [-0.2, -0.15) is 0 Å². The molecule has 6 nitrogen and oxygen atoms in total. The number of aromatic nitrogens is 2. The fourth-order valence-corrected chi connectivity index (χ4v) is 1.68. The van der Waals surface area contributed by atoms with Crippen molar-refractivity contribution in [2.75, 3.05) is 18.6 Å². The van der Waals surface area contributed by atoms with E-state index < -0.39 is 9.84 Å². The Hall–Kier alpha value is -1.37. The van der Waals surface area contributed by atoms with Crippen molar-refractivity contribution in [3.63, 3.8) is 0 Å². The molecule has 0 aromatic carbocycles. The van der Waals surface area contributed by atoms with E-state index in [1.165, 1.54) is 0 Å². The molecule has 1 rings (SSSR count). The molecular weight excluding hydrogens is 230 g/mol. The quantitative estimate of drug-likeness (QED) is 0.707. The molecule has 16 heavy (non-hydrogen) atoms. The van der Waals surface area contributed by atoms with E-state index in [2.05, 4.69) is 15.3 Å². The van der Waals surface area contributed by atoms with Gasteiger partial charge in [0, 0.05) is 37.5 Å². The first-order chi connectivity index (χ1) is 7.47. The highest BCUT2D eigenvalue weighted by molar-refractivity contribution is 7.90. The molecule has 0 spiro atoms. The third kappa shape index (κ3) is 5.50. The summed E-state index contributed by atoms with van der Waals surface area (Å²) in [5.41, 5.74) is 0.934. The number of nitrogens with zero attached hydrogens (tertiary/aromatic N) is 1. The average molecular weight is 245 g/mol. The van der Waals surface area contributed by atoms with Gasteiger partial charge in [-0.3, -0.25) is 4.79 Å². The summed E-state index contributed by atoms with van der Waals surface area (Å²) in [4.78, 5) is 18.0. The van der Waals surface area contributed by atoms with Crippen molar-refractivity contribution < 1.29 is 13.2 Å². The predicted octanol–water partition coefficient (Wildman–Crippen LogP) is -0.497. The van der Waals surface area contributed by atoms with Crippen molar-refractivity contribution in [3.8, 4) is 0 Å². The molecule has 7 heteroatoms. The van der Waals surface area contributed by atoms with E-state index in [0.29, 0.717) is 13.0 Å². The lowest BCUT2D eigenvalue weighted by Crippen LogP contribution is -2.27. The van der Waals surface area contributed by atoms with Gasteiger partial charge in [-0.15, -0.1) is 0 Å². The van der Waals surface area contributed by atoms with Crippen molar-refractivity contribution in [1.82, 2.24) is 15.3 Å². The zero-order valence-corrected chi connectivity index (χ0v) is 9.88. The van der Waals surface area contributed by atoms with Crippen LogP contribution < -0.4 is 5.32 Å². The topological polar surface area (TPSA) is 91.9 Å². The number of H-pyrrole nitrogens is 1. The van der Waals surface area contributed by atoms with E-state index >= 15 is 0 Å². The fourth-order valence-electron chi connectivity index (χ4n) is 1.12. The van der Waals surface area contributed by atoms with Crippen LogP contribution in [0.2, 0.25) is 0 Å². The Kier molecular flexibility index (Phi) is 4.48. The average Bonchev–Trinajstić information content (AvgIpc) is 2.66. The van der Waals surface area contributed by atoms with Crippen LogP contribution in [0.1, 0.15) is 12.1 Å². The molecule has 0 saturated carbocycles. The van der Waals surface area contributed by atoms with Crippen LogP contribution in [-0.2, 0) is 21.1 Å². The van der Waals surface area contributed by atoms with E-state index in [9.17, 15) is 13.2 Å². The minimum atomic E-state index is -3.06. The number of nitrogens with one attached hydrogen (secondary N) is 2. The fraction of sp³-hybridized carbons (Fsp3) is 0.556. The Labute approximate surface area is 94.4 Å². The van der Waals surface area contributed by atoms with Crippen molar-refractivity contribution >= 4 is 15.7 Å². The van der Waals surface area contributed by atoms with Gasteiger partial charge in [-0.05, 0) is 0 Å². The molecule has 0 bridgehead atoms. The third-order valence-electron chi connectivity index (χ3n) is 1.97. The van der Waals surface area contributed by atoms with E-state index in [1.54, 1.807) is 12.5 Å². The summed E-state index contributed by atoms with van der Waals surface area (Å²) in [5, 5.41) is 2.64. The highest BCUT2D eigenvalue weighted by Gasteiger charge is 2.07. The van der Waals surface area contributed by atoms with Gasteiger partial charge < -0.3 is 10.3 Å². The molecule has 1 heterocycles. The second-order valence-electron chi connectivity index (χ2n) is 3.56. The Bertz CT molecular complexity index is 425. The lowest BCUT2D eigenvalue weighted by molar-refractivity contribution is -0.120. The van der Waals surface area contributed by atoms with Gasteiger partial charge in [-0.1, -0.05) is 0 Å². The molecular formula is C9H15N3O3S. The summed E-state index contributed by atoms with van der Waals surface area (Å²) in [6, 6.07) is 0. The van der Waals surface area contributed by atoms with Crippen LogP contribution in [-0.4, -0.2) is 42.8 Å². The standard InChI is InChI=1S/C9H15N3O3S/c1-16(14,15)5-3-9(13)11-4-2-8-6-10-7-12-8/h6-7H,2-5H2,1H3,(H,10,12)(H,11,13). The number of rotatable bonds is 6. The molecule has 0 atom stereocenters. The first kappa shape index (κ1) is 12.7. The zero-order chi connectivity index (χ0) is 12.0. The summed E-state index contributed by atoms with van der Waals surface area (Å²) in [7, 11) is -3.06. The second-order valence-corrected chi connectivity index (χ2v) is 5.82. The van der Waals surface area contributed by atoms with Gasteiger partial charge in [0.15, 0.2) is 0 Å². The highest BCUT2D eigenvalue weighted by atomic mass is 32.2. The lowest BCUT2D eigenvalue weighted by Gasteiger charge is -2.03. The summed E-state index contributed by atoms with van der Waals surface area (Å²) in [5.74, 6) is -0.354. The molecule has 0 radical (unpaired) electrons. The summed E-state index contributed by atoms with van der Waals surface area (Å²) >= 11 is 0. The van der Waals surface area contributed by atoms with E-state index in [0.717, 1.165) is 11.9 Å². The molecule has 0 saturated heterocycles. The Morgan fingerprint density at radius 3 is 2.88 bits per heavy atom. The first-order valence-electron chi connectivity index (χ1n) is 4.89. The maximum atomic E-state index is 11.2. The molecule has 0 aliphatic rings. The first-order valence-corrected chi connectivity index (χ1v) is 6.95. The van der Waals surface area contributed by atoms with Crippen LogP contribution in [0, 0.1) is 0 Å². The zero-order valence-electron chi connectivity index (χ0n) is 9.06. The van der Waals surface area contributed by atoms with Crippen LogP contribution in [0.3, 0.4) is 0 Å². The molecule has 2 N–H and O–H groups in total. The van der Waals surface area contributed by atoms with Crippen molar-refractivity contribution in [2.45, 2.75) is 12.8 Å². The summed E-state index contributed by atoms with van der Waals surface area (Å²) in [6.45, 7) is 0.477. The van der Waals surface area contributed by atoms with E-state index in [-0.39, 0.29) is 18.1 Å². The molecule has 1 amide bonds. The maximum Gasteiger partial charge on any atom is 0.221 e. The SMILES string of the molecule is CS(=O)(=O)CCC(=O)NCCc1cnc[nH]1. The monoisotopic (exact) mass is 245 g/mol. The minimum absolute atomic E-state index is 0.0157. The molecule has 0 aliphatic heterocycles. The van der Waals surface area contributed by atoms with Crippen LogP contribution in [0.25, 0.3) is 0 Å². The number of amides is 1. The van der Waals surface area contributed by atoms with Gasteiger partial charge >= 0.3 is 0 Å². The van der Waals surface area contributed by atoms with Crippen LogP contribution in [0.15, 0.2) is 12.5 Å². The van der Waals surface area contributed by atoms with Gasteiger partial charge in [0.2, 0.25) is 5.91 Å². The number of carbonyl (C=O) groups is 1. The predicted molar refractivity (Wildman–Crippen MR) is 59.6 cm³/mol. The molecule has 1 aromatic heterocycles. The van der Waals surface area contributed by atoms with E-state index in [4.69, 9.17) is 0 Å². The smallest absolute Gasteiger partial charge is 0.221 e. The van der Waals surface area contributed by atoms with Gasteiger partial charge in [-0.25, -0.2) is 13.4 Å². The van der Waals surface area contributed by atoms with E-state index in [1.807, 2.05) is 0 Å². The van der Waals surface area contributed by atoms with Crippen molar-refractivity contribution in [2.24, 2.45) is 0 Å². The minimum Gasteiger partial charge on any atom is -0.356 e. The summed E-state index contributed by atoms with van der Waals surface area (Å²) in [6.07, 6.45) is 5.04. The number of imidazole rings is 1. The number of carbonyl (C=O) groups excluding carboxylic acids is 1. The van der Waals surface area contributed by atoms with Crippen LogP contribution in [0.5, 0.6) is 0 Å². The van der Waals surface area contributed by atoms with Gasteiger partial charge in [0.1, 0.15) is 9.84 Å². The molecule has 90 valence electrons. The number of aromatic amines is 1. The van der Waals surface area contributed by atoms with Gasteiger partial charge in [0.25, 0.3) is 0 Å². The van der Waals surface area contributed by atoms with Crippen molar-refractivity contribution in [1.29, 1.82) is 0 Å². The Balaban J connectivity index is 2.16. The van der Waals surface area contributed by atoms with Gasteiger partial charge in [0.05, 0.1) is 12.1 Å². The van der Waals surface area contributed by atoms with Crippen LogP contribution >= 0.6 is 0 Å². The third-order valence-corrected chi connectivity index (χ3v) is 2.92. The molecule has 1 aromatic rings. The highest BCUT2D eigenvalue weighted by Crippen LogP contribution is 1.92. The second kappa shape index (κ2) is 5.64. The number of sulfone groups is 1. The Morgan fingerprint density at radius 2 is 2.31 bits per heavy atom. The lowest BCUT2D eigenvalue weighted by atomic mass is 10.3. The Morgan fingerprint density at radius 1 is 1.56 bits per heavy atom.